The van der Waals surface area contributed by atoms with Crippen LogP contribution in [0.25, 0.3) is 0 Å². The van der Waals surface area contributed by atoms with Crippen LogP contribution in [0.4, 0.5) is 0 Å². The molecular weight excluding hydrogens is 122 g/mol. The first-order valence-electron chi connectivity index (χ1n) is 3.45. The van der Waals surface area contributed by atoms with Gasteiger partial charge in [0.2, 0.25) is 0 Å². The molecule has 0 spiro atoms. The molecule has 0 atom stereocenters. The van der Waals surface area contributed by atoms with Gasteiger partial charge in [-0.2, -0.15) is 0 Å². The Balaban J connectivity index is 4.10. The van der Waals surface area contributed by atoms with E-state index in [1.165, 1.54) is 0 Å². The first kappa shape index (κ1) is 9.02. The van der Waals surface area contributed by atoms with Gasteiger partial charge in [0.05, 0.1) is 0 Å². The van der Waals surface area contributed by atoms with Crippen molar-refractivity contribution in [1.82, 2.24) is 5.32 Å². The highest BCUT2D eigenvalue weighted by molar-refractivity contribution is 5.25. The number of allylic oxidation sites excluding steroid dienone is 2. The zero-order chi connectivity index (χ0) is 7.98. The molecule has 0 fully saturated rings. The molecule has 1 heteroatoms. The highest BCUT2D eigenvalue weighted by Crippen LogP contribution is 2.02. The molecule has 0 radical (unpaired) electrons. The van der Waals surface area contributed by atoms with Crippen LogP contribution >= 0.6 is 0 Å². The number of rotatable bonds is 4. The van der Waals surface area contributed by atoms with Crippen LogP contribution in [-0.2, 0) is 0 Å². The fraction of sp³-hybridized carbons (Fsp3) is 0.333. The fourth-order valence-corrected chi connectivity index (χ4v) is 0.670. The molecule has 1 N–H and O–H groups in total. The summed E-state index contributed by atoms with van der Waals surface area (Å²) in [5.41, 5.74) is 2.11. The van der Waals surface area contributed by atoms with Crippen molar-refractivity contribution in [2.45, 2.75) is 20.3 Å². The van der Waals surface area contributed by atoms with E-state index in [0.29, 0.717) is 0 Å². The van der Waals surface area contributed by atoms with Gasteiger partial charge in [0.25, 0.3) is 0 Å². The minimum Gasteiger partial charge on any atom is -0.362 e. The summed E-state index contributed by atoms with van der Waals surface area (Å²) in [4.78, 5) is 0. The van der Waals surface area contributed by atoms with E-state index in [0.717, 1.165) is 17.7 Å². The minimum absolute atomic E-state index is 1.02. The maximum Gasteiger partial charge on any atom is 0.0362 e. The lowest BCUT2D eigenvalue weighted by Gasteiger charge is -2.04. The fourth-order valence-electron chi connectivity index (χ4n) is 0.670. The van der Waals surface area contributed by atoms with Crippen LogP contribution in [0.1, 0.15) is 20.3 Å². The number of nitrogens with one attached hydrogen (secondary N) is 1. The average molecular weight is 137 g/mol. The lowest BCUT2D eigenvalue weighted by Crippen LogP contribution is -2.04. The molecule has 0 aliphatic rings. The largest absolute Gasteiger partial charge is 0.362 e. The van der Waals surface area contributed by atoms with E-state index in [4.69, 9.17) is 0 Å². The van der Waals surface area contributed by atoms with E-state index in [2.05, 4.69) is 31.5 Å². The van der Waals surface area contributed by atoms with Gasteiger partial charge in [-0.3, -0.25) is 0 Å². The summed E-state index contributed by atoms with van der Waals surface area (Å²) in [6.45, 7) is 11.4. The van der Waals surface area contributed by atoms with Gasteiger partial charge in [0.15, 0.2) is 0 Å². The molecule has 0 aromatic carbocycles. The molecule has 10 heavy (non-hydrogen) atoms. The zero-order valence-electron chi connectivity index (χ0n) is 6.78. The molecule has 0 rings (SSSR count). The van der Waals surface area contributed by atoms with E-state index in [1.54, 1.807) is 6.20 Å². The molecule has 0 aliphatic carbocycles. The van der Waals surface area contributed by atoms with Crippen molar-refractivity contribution >= 4 is 0 Å². The molecule has 56 valence electrons. The first-order chi connectivity index (χ1) is 4.72. The van der Waals surface area contributed by atoms with Crippen LogP contribution in [0.15, 0.2) is 36.7 Å². The van der Waals surface area contributed by atoms with E-state index in [-0.39, 0.29) is 0 Å². The summed E-state index contributed by atoms with van der Waals surface area (Å²) in [5, 5.41) is 3.01. The smallest absolute Gasteiger partial charge is 0.0362 e. The highest BCUT2D eigenvalue weighted by Gasteiger charge is 1.90. The normalized spacial score (nSPS) is 10.8. The van der Waals surface area contributed by atoms with Crippen molar-refractivity contribution in [3.05, 3.63) is 36.7 Å². The van der Waals surface area contributed by atoms with Gasteiger partial charge >= 0.3 is 0 Å². The van der Waals surface area contributed by atoms with Crippen molar-refractivity contribution in [2.75, 3.05) is 0 Å². The van der Waals surface area contributed by atoms with E-state index in [9.17, 15) is 0 Å². The van der Waals surface area contributed by atoms with Gasteiger partial charge in [-0.25, -0.2) is 0 Å². The van der Waals surface area contributed by atoms with Crippen LogP contribution in [0.2, 0.25) is 0 Å². The molecule has 0 saturated carbocycles. The predicted octanol–water partition coefficient (Wildman–Crippen LogP) is 2.59. The van der Waals surface area contributed by atoms with Crippen molar-refractivity contribution in [3.63, 3.8) is 0 Å². The van der Waals surface area contributed by atoms with Crippen LogP contribution in [0.3, 0.4) is 0 Å². The van der Waals surface area contributed by atoms with Crippen molar-refractivity contribution < 1.29 is 0 Å². The number of hydrogen-bond donors (Lipinski definition) is 1. The second-order valence-electron chi connectivity index (χ2n) is 2.15. The Hall–Kier alpha value is -0.980. The zero-order valence-corrected chi connectivity index (χ0v) is 6.78. The van der Waals surface area contributed by atoms with Gasteiger partial charge in [-0.15, -0.1) is 0 Å². The highest BCUT2D eigenvalue weighted by atomic mass is 14.8. The number of hydrogen-bond acceptors (Lipinski definition) is 1. The summed E-state index contributed by atoms with van der Waals surface area (Å²) < 4.78 is 0. The summed E-state index contributed by atoms with van der Waals surface area (Å²) in [7, 11) is 0. The van der Waals surface area contributed by atoms with E-state index >= 15 is 0 Å². The Morgan fingerprint density at radius 3 is 2.50 bits per heavy atom. The molecule has 0 unspecified atom stereocenters. The Morgan fingerprint density at radius 2 is 2.20 bits per heavy atom. The Bertz CT molecular complexity index is 154. The maximum atomic E-state index is 3.81. The van der Waals surface area contributed by atoms with Crippen molar-refractivity contribution in [3.8, 4) is 0 Å². The molecule has 0 bridgehead atoms. The SMILES string of the molecule is C=CN/C(=C/CC)C(=C)C. The molecule has 0 heterocycles. The van der Waals surface area contributed by atoms with E-state index < -0.39 is 0 Å². The molecular formula is C9H15N. The summed E-state index contributed by atoms with van der Waals surface area (Å²) >= 11 is 0. The molecule has 0 amide bonds. The lowest BCUT2D eigenvalue weighted by molar-refractivity contribution is 1.04. The minimum atomic E-state index is 1.02. The third-order valence-corrected chi connectivity index (χ3v) is 1.13. The standard InChI is InChI=1S/C9H15N/c1-5-7-9(8(3)4)10-6-2/h6-7,10H,2-3,5H2,1,4H3/b9-7+. The van der Waals surface area contributed by atoms with Crippen molar-refractivity contribution in [2.24, 2.45) is 0 Å². The first-order valence-corrected chi connectivity index (χ1v) is 3.45. The third-order valence-electron chi connectivity index (χ3n) is 1.13. The molecule has 0 aliphatic heterocycles. The molecule has 1 nitrogen and oxygen atoms in total. The van der Waals surface area contributed by atoms with Gasteiger partial charge in [-0.1, -0.05) is 26.2 Å². The summed E-state index contributed by atoms with van der Waals surface area (Å²) in [6.07, 6.45) is 4.77. The van der Waals surface area contributed by atoms with Crippen LogP contribution in [0, 0.1) is 0 Å². The molecule has 0 aromatic rings. The van der Waals surface area contributed by atoms with Crippen molar-refractivity contribution in [1.29, 1.82) is 0 Å². The second kappa shape index (κ2) is 4.86. The average Bonchev–Trinajstić information content (AvgIpc) is 1.87. The van der Waals surface area contributed by atoms with Crippen LogP contribution in [0.5, 0.6) is 0 Å². The summed E-state index contributed by atoms with van der Waals surface area (Å²) in [6, 6.07) is 0. The van der Waals surface area contributed by atoms with Gasteiger partial charge in [-0.05, 0) is 25.1 Å². The lowest BCUT2D eigenvalue weighted by atomic mass is 10.2. The van der Waals surface area contributed by atoms with Gasteiger partial charge < -0.3 is 5.32 Å². The Morgan fingerprint density at radius 1 is 1.60 bits per heavy atom. The quantitative estimate of drug-likeness (QED) is 0.587. The third kappa shape index (κ3) is 3.13. The monoisotopic (exact) mass is 137 g/mol. The van der Waals surface area contributed by atoms with Crippen LogP contribution in [-0.4, -0.2) is 0 Å². The maximum absolute atomic E-state index is 3.81. The predicted molar refractivity (Wildman–Crippen MR) is 46.5 cm³/mol. The second-order valence-corrected chi connectivity index (χ2v) is 2.15. The van der Waals surface area contributed by atoms with Gasteiger partial charge in [0, 0.05) is 5.70 Å². The molecule has 0 aromatic heterocycles. The Kier molecular flexibility index (Phi) is 4.38. The van der Waals surface area contributed by atoms with E-state index in [1.807, 2.05) is 6.92 Å². The topological polar surface area (TPSA) is 12.0 Å². The van der Waals surface area contributed by atoms with Gasteiger partial charge in [0.1, 0.15) is 0 Å². The molecule has 0 saturated heterocycles. The Labute approximate surface area is 63.1 Å². The van der Waals surface area contributed by atoms with Crippen LogP contribution < -0.4 is 5.32 Å². The summed E-state index contributed by atoms with van der Waals surface area (Å²) in [5.74, 6) is 0.